The molecule has 0 aliphatic carbocycles. The molecule has 2 aromatic rings. The Hall–Kier alpha value is -1.84. The molecule has 1 heterocycles. The molecular formula is C12H14N2O2. The van der Waals surface area contributed by atoms with Crippen LogP contribution in [-0.4, -0.2) is 9.55 Å². The first-order valence-corrected chi connectivity index (χ1v) is 5.37. The van der Waals surface area contributed by atoms with Crippen LogP contribution in [0.15, 0.2) is 27.8 Å². The van der Waals surface area contributed by atoms with E-state index in [-0.39, 0.29) is 11.2 Å². The number of aryl methyl sites for hydroxylation is 2. The number of nitrogens with one attached hydrogen (secondary N) is 1. The second-order valence-electron chi connectivity index (χ2n) is 3.88. The third-order valence-corrected chi connectivity index (χ3v) is 2.68. The second-order valence-corrected chi connectivity index (χ2v) is 3.88. The summed E-state index contributed by atoms with van der Waals surface area (Å²) < 4.78 is 1.61. The quantitative estimate of drug-likeness (QED) is 0.828. The number of hydrogen-bond donors (Lipinski definition) is 1. The van der Waals surface area contributed by atoms with Gasteiger partial charge in [0.25, 0.3) is 5.56 Å². The van der Waals surface area contributed by atoms with Gasteiger partial charge in [-0.1, -0.05) is 19.1 Å². The van der Waals surface area contributed by atoms with Crippen molar-refractivity contribution >= 4 is 10.9 Å². The number of H-pyrrole nitrogens is 1. The van der Waals surface area contributed by atoms with E-state index >= 15 is 0 Å². The Balaban J connectivity index is 2.96. The van der Waals surface area contributed by atoms with Crippen LogP contribution in [0.2, 0.25) is 0 Å². The van der Waals surface area contributed by atoms with Gasteiger partial charge in [0.1, 0.15) is 0 Å². The highest BCUT2D eigenvalue weighted by atomic mass is 16.2. The number of rotatable bonds is 2. The van der Waals surface area contributed by atoms with E-state index in [9.17, 15) is 9.59 Å². The fraction of sp³-hybridized carbons (Fsp3) is 0.333. The molecule has 1 aromatic heterocycles. The van der Waals surface area contributed by atoms with Crippen LogP contribution in [0, 0.1) is 6.92 Å². The molecule has 0 saturated heterocycles. The maximum atomic E-state index is 11.7. The average molecular weight is 218 g/mol. The van der Waals surface area contributed by atoms with Crippen LogP contribution >= 0.6 is 0 Å². The van der Waals surface area contributed by atoms with E-state index in [0.29, 0.717) is 11.9 Å². The topological polar surface area (TPSA) is 54.9 Å². The van der Waals surface area contributed by atoms with Crippen LogP contribution in [0.3, 0.4) is 0 Å². The lowest BCUT2D eigenvalue weighted by molar-refractivity contribution is 0.657. The van der Waals surface area contributed by atoms with E-state index in [1.807, 2.05) is 32.0 Å². The van der Waals surface area contributed by atoms with Crippen molar-refractivity contribution in [1.82, 2.24) is 9.55 Å². The number of nitrogens with zero attached hydrogens (tertiary/aromatic N) is 1. The lowest BCUT2D eigenvalue weighted by Crippen LogP contribution is -2.30. The van der Waals surface area contributed by atoms with E-state index in [4.69, 9.17) is 0 Å². The number of aromatic amines is 1. The zero-order valence-electron chi connectivity index (χ0n) is 9.41. The van der Waals surface area contributed by atoms with Gasteiger partial charge in [0.15, 0.2) is 0 Å². The molecule has 16 heavy (non-hydrogen) atoms. The van der Waals surface area contributed by atoms with Gasteiger partial charge in [-0.15, -0.1) is 0 Å². The fourth-order valence-electron chi connectivity index (χ4n) is 1.95. The molecule has 1 N–H and O–H groups in total. The predicted octanol–water partition coefficient (Wildman–Crippen LogP) is 1.41. The molecular weight excluding hydrogens is 204 g/mol. The van der Waals surface area contributed by atoms with Crippen molar-refractivity contribution in [1.29, 1.82) is 0 Å². The minimum absolute atomic E-state index is 0.301. The summed E-state index contributed by atoms with van der Waals surface area (Å²) in [6.45, 7) is 4.49. The normalized spacial score (nSPS) is 10.9. The van der Waals surface area contributed by atoms with Crippen LogP contribution < -0.4 is 11.2 Å². The molecule has 0 aliphatic rings. The van der Waals surface area contributed by atoms with Gasteiger partial charge in [0.2, 0.25) is 0 Å². The van der Waals surface area contributed by atoms with Gasteiger partial charge in [0.05, 0.1) is 10.9 Å². The zero-order valence-corrected chi connectivity index (χ0v) is 9.41. The Labute approximate surface area is 92.5 Å². The van der Waals surface area contributed by atoms with Gasteiger partial charge in [0, 0.05) is 6.54 Å². The Kier molecular flexibility index (Phi) is 2.64. The number of fused-ring (bicyclic) bond motifs is 1. The summed E-state index contributed by atoms with van der Waals surface area (Å²) in [6, 6.07) is 5.55. The third kappa shape index (κ3) is 1.56. The molecule has 0 saturated carbocycles. The van der Waals surface area contributed by atoms with Crippen molar-refractivity contribution in [2.24, 2.45) is 0 Å². The summed E-state index contributed by atoms with van der Waals surface area (Å²) in [5.74, 6) is 0. The van der Waals surface area contributed by atoms with Gasteiger partial charge in [-0.25, -0.2) is 4.79 Å². The van der Waals surface area contributed by atoms with Crippen molar-refractivity contribution in [3.05, 3.63) is 44.6 Å². The van der Waals surface area contributed by atoms with Crippen LogP contribution in [0.4, 0.5) is 0 Å². The first kappa shape index (κ1) is 10.7. The summed E-state index contributed by atoms with van der Waals surface area (Å²) in [7, 11) is 0. The van der Waals surface area contributed by atoms with Crippen molar-refractivity contribution in [3.63, 3.8) is 0 Å². The monoisotopic (exact) mass is 218 g/mol. The average Bonchev–Trinajstić information content (AvgIpc) is 2.23. The highest BCUT2D eigenvalue weighted by Gasteiger charge is 2.07. The van der Waals surface area contributed by atoms with Crippen molar-refractivity contribution in [2.75, 3.05) is 0 Å². The molecule has 1 aromatic carbocycles. The number of benzene rings is 1. The lowest BCUT2D eigenvalue weighted by atomic mass is 10.1. The second kappa shape index (κ2) is 3.96. The molecule has 84 valence electrons. The van der Waals surface area contributed by atoms with Crippen LogP contribution in [0.5, 0.6) is 0 Å². The predicted molar refractivity (Wildman–Crippen MR) is 63.9 cm³/mol. The molecule has 0 amide bonds. The minimum atomic E-state index is -0.329. The lowest BCUT2D eigenvalue weighted by Gasteiger charge is -2.08. The Bertz CT molecular complexity index is 637. The Morgan fingerprint density at radius 1 is 1.31 bits per heavy atom. The van der Waals surface area contributed by atoms with Gasteiger partial charge in [-0.2, -0.15) is 0 Å². The largest absolute Gasteiger partial charge is 0.328 e. The highest BCUT2D eigenvalue weighted by molar-refractivity contribution is 5.81. The molecule has 0 atom stereocenters. The summed E-state index contributed by atoms with van der Waals surface area (Å²) in [6.07, 6.45) is 0.856. The maximum Gasteiger partial charge on any atom is 0.328 e. The van der Waals surface area contributed by atoms with E-state index in [1.54, 1.807) is 4.57 Å². The highest BCUT2D eigenvalue weighted by Crippen LogP contribution is 2.12. The SMILES string of the molecule is CCCn1c(=O)[nH]c(=O)c2c(C)cccc21. The third-order valence-electron chi connectivity index (χ3n) is 2.68. The Morgan fingerprint density at radius 2 is 2.06 bits per heavy atom. The van der Waals surface area contributed by atoms with Gasteiger partial charge >= 0.3 is 5.69 Å². The number of hydrogen-bond acceptors (Lipinski definition) is 2. The smallest absolute Gasteiger partial charge is 0.293 e. The first-order valence-electron chi connectivity index (χ1n) is 5.37. The van der Waals surface area contributed by atoms with Crippen molar-refractivity contribution in [2.45, 2.75) is 26.8 Å². The molecule has 2 rings (SSSR count). The zero-order chi connectivity index (χ0) is 11.7. The molecule has 0 fully saturated rings. The van der Waals surface area contributed by atoms with Crippen molar-refractivity contribution < 1.29 is 0 Å². The van der Waals surface area contributed by atoms with Gasteiger partial charge in [-0.3, -0.25) is 14.3 Å². The summed E-state index contributed by atoms with van der Waals surface area (Å²) in [4.78, 5) is 25.7. The molecule has 4 heteroatoms. The number of aromatic nitrogens is 2. The molecule has 0 aliphatic heterocycles. The Morgan fingerprint density at radius 3 is 2.75 bits per heavy atom. The molecule has 4 nitrogen and oxygen atoms in total. The summed E-state index contributed by atoms with van der Waals surface area (Å²) >= 11 is 0. The van der Waals surface area contributed by atoms with E-state index in [0.717, 1.165) is 17.5 Å². The standard InChI is InChI=1S/C12H14N2O2/c1-3-7-14-9-6-4-5-8(2)10(9)11(15)13-12(14)16/h4-6H,3,7H2,1-2H3,(H,13,15,16). The van der Waals surface area contributed by atoms with Crippen LogP contribution in [0.1, 0.15) is 18.9 Å². The minimum Gasteiger partial charge on any atom is -0.293 e. The van der Waals surface area contributed by atoms with Crippen molar-refractivity contribution in [3.8, 4) is 0 Å². The molecule has 0 spiro atoms. The molecule has 0 bridgehead atoms. The van der Waals surface area contributed by atoms with E-state index < -0.39 is 0 Å². The van der Waals surface area contributed by atoms with E-state index in [2.05, 4.69) is 4.98 Å². The molecule has 0 unspecified atom stereocenters. The van der Waals surface area contributed by atoms with Gasteiger partial charge < -0.3 is 0 Å². The fourth-order valence-corrected chi connectivity index (χ4v) is 1.95. The van der Waals surface area contributed by atoms with Crippen LogP contribution in [0.25, 0.3) is 10.9 Å². The first-order chi connectivity index (χ1) is 7.65. The maximum absolute atomic E-state index is 11.7. The summed E-state index contributed by atoms with van der Waals surface area (Å²) in [5.41, 5.74) is 0.981. The summed E-state index contributed by atoms with van der Waals surface area (Å²) in [5, 5.41) is 0.607. The van der Waals surface area contributed by atoms with Gasteiger partial charge in [-0.05, 0) is 25.0 Å². The molecule has 0 radical (unpaired) electrons. The van der Waals surface area contributed by atoms with Crippen LogP contribution in [-0.2, 0) is 6.54 Å². The van der Waals surface area contributed by atoms with E-state index in [1.165, 1.54) is 0 Å².